The molecule has 0 spiro atoms. The van der Waals surface area contributed by atoms with Crippen LogP contribution in [0.3, 0.4) is 0 Å². The number of amides is 1. The number of carbonyl (C=O) groups excluding carboxylic acids is 1. The fourth-order valence-corrected chi connectivity index (χ4v) is 2.71. The third-order valence-electron chi connectivity index (χ3n) is 3.72. The Hall–Kier alpha value is -3.38. The van der Waals surface area contributed by atoms with E-state index in [4.69, 9.17) is 5.73 Å². The van der Waals surface area contributed by atoms with E-state index in [1.54, 1.807) is 12.1 Å². The molecule has 0 saturated carbocycles. The average molecular weight is 298 g/mol. The topological polar surface area (TPSA) is 66.9 Å². The standard InChI is InChI=1S/C20H14N2O/c21-13-16-11-12-17(20(22)23)19(15-9-5-2-6-10-15)18(16)14-7-3-1-4-8-14/h1-12H,(H2,22,23). The molecular formula is C20H14N2O. The van der Waals surface area contributed by atoms with E-state index in [2.05, 4.69) is 6.07 Å². The fourth-order valence-electron chi connectivity index (χ4n) is 2.71. The molecule has 0 aromatic heterocycles. The van der Waals surface area contributed by atoms with Gasteiger partial charge in [0.1, 0.15) is 0 Å². The molecular weight excluding hydrogens is 284 g/mol. The molecule has 0 saturated heterocycles. The van der Waals surface area contributed by atoms with Crippen molar-refractivity contribution in [2.45, 2.75) is 0 Å². The zero-order valence-corrected chi connectivity index (χ0v) is 12.4. The third kappa shape index (κ3) is 2.70. The van der Waals surface area contributed by atoms with Crippen molar-refractivity contribution in [3.63, 3.8) is 0 Å². The maximum absolute atomic E-state index is 11.9. The van der Waals surface area contributed by atoms with Crippen molar-refractivity contribution in [2.24, 2.45) is 5.73 Å². The van der Waals surface area contributed by atoms with E-state index in [1.807, 2.05) is 60.7 Å². The van der Waals surface area contributed by atoms with Crippen LogP contribution >= 0.6 is 0 Å². The van der Waals surface area contributed by atoms with Gasteiger partial charge in [-0.15, -0.1) is 0 Å². The normalized spacial score (nSPS) is 10.0. The Bertz CT molecular complexity index is 894. The van der Waals surface area contributed by atoms with E-state index in [0.717, 1.165) is 16.7 Å². The maximum atomic E-state index is 11.9. The highest BCUT2D eigenvalue weighted by Gasteiger charge is 2.19. The molecule has 0 heterocycles. The molecule has 0 aliphatic rings. The van der Waals surface area contributed by atoms with Crippen molar-refractivity contribution < 1.29 is 4.79 Å². The van der Waals surface area contributed by atoms with Crippen LogP contribution in [0.4, 0.5) is 0 Å². The molecule has 0 radical (unpaired) electrons. The van der Waals surface area contributed by atoms with E-state index in [1.165, 1.54) is 0 Å². The summed E-state index contributed by atoms with van der Waals surface area (Å²) in [7, 11) is 0. The first kappa shape index (κ1) is 14.6. The van der Waals surface area contributed by atoms with Gasteiger partial charge in [0, 0.05) is 16.7 Å². The molecule has 0 aliphatic carbocycles. The van der Waals surface area contributed by atoms with Gasteiger partial charge in [-0.05, 0) is 23.3 Å². The van der Waals surface area contributed by atoms with Gasteiger partial charge < -0.3 is 5.73 Å². The van der Waals surface area contributed by atoms with Crippen molar-refractivity contribution in [1.29, 1.82) is 5.26 Å². The van der Waals surface area contributed by atoms with Crippen molar-refractivity contribution in [2.75, 3.05) is 0 Å². The Morgan fingerprint density at radius 3 is 1.78 bits per heavy atom. The summed E-state index contributed by atoms with van der Waals surface area (Å²) in [6.07, 6.45) is 0. The lowest BCUT2D eigenvalue weighted by molar-refractivity contribution is 0.100. The van der Waals surface area contributed by atoms with Gasteiger partial charge in [0.25, 0.3) is 0 Å². The van der Waals surface area contributed by atoms with Gasteiger partial charge in [-0.1, -0.05) is 60.7 Å². The number of nitriles is 1. The summed E-state index contributed by atoms with van der Waals surface area (Å²) < 4.78 is 0. The summed E-state index contributed by atoms with van der Waals surface area (Å²) in [6.45, 7) is 0. The van der Waals surface area contributed by atoms with E-state index >= 15 is 0 Å². The maximum Gasteiger partial charge on any atom is 0.249 e. The number of rotatable bonds is 3. The highest BCUT2D eigenvalue weighted by molar-refractivity contribution is 6.05. The summed E-state index contributed by atoms with van der Waals surface area (Å²) in [6, 6.07) is 24.6. The zero-order chi connectivity index (χ0) is 16.2. The molecule has 3 aromatic rings. The molecule has 3 rings (SSSR count). The summed E-state index contributed by atoms with van der Waals surface area (Å²) in [4.78, 5) is 11.9. The molecule has 1 amide bonds. The largest absolute Gasteiger partial charge is 0.366 e. The summed E-state index contributed by atoms with van der Waals surface area (Å²) in [5, 5.41) is 9.51. The Morgan fingerprint density at radius 2 is 1.30 bits per heavy atom. The minimum absolute atomic E-state index is 0.411. The highest BCUT2D eigenvalue weighted by atomic mass is 16.1. The number of nitrogens with two attached hydrogens (primary N) is 1. The van der Waals surface area contributed by atoms with E-state index in [0.29, 0.717) is 16.7 Å². The Kier molecular flexibility index (Phi) is 3.90. The van der Waals surface area contributed by atoms with Crippen LogP contribution in [-0.2, 0) is 0 Å². The molecule has 3 aromatic carbocycles. The van der Waals surface area contributed by atoms with Gasteiger partial charge in [-0.2, -0.15) is 5.26 Å². The van der Waals surface area contributed by atoms with Crippen LogP contribution in [0.5, 0.6) is 0 Å². The minimum Gasteiger partial charge on any atom is -0.366 e. The minimum atomic E-state index is -0.509. The molecule has 0 unspecified atom stereocenters. The monoisotopic (exact) mass is 298 g/mol. The molecule has 2 N–H and O–H groups in total. The third-order valence-corrected chi connectivity index (χ3v) is 3.72. The Morgan fingerprint density at radius 1 is 0.783 bits per heavy atom. The van der Waals surface area contributed by atoms with Crippen molar-refractivity contribution in [1.82, 2.24) is 0 Å². The van der Waals surface area contributed by atoms with E-state index < -0.39 is 5.91 Å². The molecule has 3 nitrogen and oxygen atoms in total. The van der Waals surface area contributed by atoms with Gasteiger partial charge >= 0.3 is 0 Å². The van der Waals surface area contributed by atoms with Crippen LogP contribution in [0.2, 0.25) is 0 Å². The first-order valence-electron chi connectivity index (χ1n) is 7.20. The van der Waals surface area contributed by atoms with Gasteiger partial charge in [0.15, 0.2) is 0 Å². The molecule has 110 valence electrons. The lowest BCUT2D eigenvalue weighted by atomic mass is 9.87. The van der Waals surface area contributed by atoms with Crippen LogP contribution in [0.15, 0.2) is 72.8 Å². The van der Waals surface area contributed by atoms with Crippen LogP contribution in [0, 0.1) is 11.3 Å². The molecule has 0 bridgehead atoms. The van der Waals surface area contributed by atoms with Gasteiger partial charge in [0.05, 0.1) is 11.6 Å². The van der Waals surface area contributed by atoms with E-state index in [-0.39, 0.29) is 0 Å². The van der Waals surface area contributed by atoms with Gasteiger partial charge in [-0.3, -0.25) is 4.79 Å². The number of nitrogens with zero attached hydrogens (tertiary/aromatic N) is 1. The number of benzene rings is 3. The first-order chi connectivity index (χ1) is 11.2. The molecule has 0 fully saturated rings. The Labute approximate surface area is 134 Å². The van der Waals surface area contributed by atoms with Crippen LogP contribution in [0.1, 0.15) is 15.9 Å². The van der Waals surface area contributed by atoms with E-state index in [9.17, 15) is 10.1 Å². The fraction of sp³-hybridized carbons (Fsp3) is 0. The van der Waals surface area contributed by atoms with Crippen LogP contribution < -0.4 is 5.73 Å². The van der Waals surface area contributed by atoms with Gasteiger partial charge in [0.2, 0.25) is 5.91 Å². The molecule has 0 aliphatic heterocycles. The second-order valence-corrected chi connectivity index (χ2v) is 5.12. The second kappa shape index (κ2) is 6.17. The zero-order valence-electron chi connectivity index (χ0n) is 12.4. The Balaban J connectivity index is 2.43. The van der Waals surface area contributed by atoms with Crippen molar-refractivity contribution in [3.8, 4) is 28.3 Å². The van der Waals surface area contributed by atoms with Crippen LogP contribution in [-0.4, -0.2) is 5.91 Å². The first-order valence-corrected chi connectivity index (χ1v) is 7.20. The summed E-state index contributed by atoms with van der Waals surface area (Å²) in [5.41, 5.74) is 9.66. The number of hydrogen-bond acceptors (Lipinski definition) is 2. The summed E-state index contributed by atoms with van der Waals surface area (Å²) >= 11 is 0. The molecule has 23 heavy (non-hydrogen) atoms. The molecule has 3 heteroatoms. The predicted molar refractivity (Wildman–Crippen MR) is 90.5 cm³/mol. The predicted octanol–water partition coefficient (Wildman–Crippen LogP) is 3.99. The van der Waals surface area contributed by atoms with Crippen LogP contribution in [0.25, 0.3) is 22.3 Å². The SMILES string of the molecule is N#Cc1ccc(C(N)=O)c(-c2ccccc2)c1-c1ccccc1. The van der Waals surface area contributed by atoms with Gasteiger partial charge in [-0.25, -0.2) is 0 Å². The quantitative estimate of drug-likeness (QED) is 0.794. The van der Waals surface area contributed by atoms with Crippen molar-refractivity contribution >= 4 is 5.91 Å². The number of primary amides is 1. The lowest BCUT2D eigenvalue weighted by Crippen LogP contribution is -2.13. The second-order valence-electron chi connectivity index (χ2n) is 5.12. The lowest BCUT2D eigenvalue weighted by Gasteiger charge is -2.15. The molecule has 0 atom stereocenters. The summed E-state index contributed by atoms with van der Waals surface area (Å²) in [5.74, 6) is -0.509. The van der Waals surface area contributed by atoms with Crippen molar-refractivity contribution in [3.05, 3.63) is 83.9 Å². The smallest absolute Gasteiger partial charge is 0.249 e. The highest BCUT2D eigenvalue weighted by Crippen LogP contribution is 2.37. The average Bonchev–Trinajstić information content (AvgIpc) is 2.61. The number of carbonyl (C=O) groups is 1. The number of hydrogen-bond donors (Lipinski definition) is 1.